The average molecular weight is 222 g/mol. The van der Waals surface area contributed by atoms with Gasteiger partial charge in [-0.3, -0.25) is 0 Å². The van der Waals surface area contributed by atoms with Crippen LogP contribution in [0.3, 0.4) is 0 Å². The summed E-state index contributed by atoms with van der Waals surface area (Å²) in [5, 5.41) is 0.369. The van der Waals surface area contributed by atoms with Gasteiger partial charge in [-0.15, -0.1) is 0 Å². The van der Waals surface area contributed by atoms with Crippen LogP contribution in [0.5, 0.6) is 0 Å². The molecule has 0 amide bonds. The van der Waals surface area contributed by atoms with Crippen LogP contribution in [0.2, 0.25) is 5.31 Å². The Hall–Kier alpha value is -0.0151. The van der Waals surface area contributed by atoms with Crippen molar-refractivity contribution < 1.29 is 9.31 Å². The third kappa shape index (κ3) is 1.34. The summed E-state index contributed by atoms with van der Waals surface area (Å²) in [4.78, 5) is 0. The highest BCUT2D eigenvalue weighted by Crippen LogP contribution is 2.65. The maximum atomic E-state index is 6.22. The summed E-state index contributed by atoms with van der Waals surface area (Å²) >= 11 is 0. The molecule has 3 aliphatic carbocycles. The highest BCUT2D eigenvalue weighted by molar-refractivity contribution is 6.50. The molecule has 2 bridgehead atoms. The smallest absolute Gasteiger partial charge is 0.403 e. The summed E-state index contributed by atoms with van der Waals surface area (Å²) in [6, 6.07) is 0. The molecule has 0 aromatic heterocycles. The van der Waals surface area contributed by atoms with Crippen LogP contribution in [0.15, 0.2) is 0 Å². The van der Waals surface area contributed by atoms with Gasteiger partial charge in [0.25, 0.3) is 0 Å². The zero-order chi connectivity index (χ0) is 11.6. The molecule has 0 aromatic rings. The second-order valence-electron chi connectivity index (χ2n) is 7.12. The van der Waals surface area contributed by atoms with Gasteiger partial charge in [0.15, 0.2) is 0 Å². The molecule has 0 atom stereocenters. The van der Waals surface area contributed by atoms with E-state index in [2.05, 4.69) is 27.7 Å². The van der Waals surface area contributed by atoms with Crippen LogP contribution >= 0.6 is 0 Å². The van der Waals surface area contributed by atoms with E-state index in [0.29, 0.717) is 5.31 Å². The van der Waals surface area contributed by atoms with E-state index in [4.69, 9.17) is 9.31 Å². The lowest BCUT2D eigenvalue weighted by molar-refractivity contribution is 0.00578. The molecule has 0 aromatic carbocycles. The van der Waals surface area contributed by atoms with E-state index in [-0.39, 0.29) is 18.3 Å². The van der Waals surface area contributed by atoms with Crippen molar-refractivity contribution in [2.45, 2.75) is 76.3 Å². The molecule has 3 heteroatoms. The molecule has 90 valence electrons. The average Bonchev–Trinajstić information content (AvgIpc) is 2.36. The Morgan fingerprint density at radius 2 is 1.56 bits per heavy atom. The SMILES string of the molecule is CC1(C)OB(C23CCCC(C2)C3)OC1(C)C. The van der Waals surface area contributed by atoms with Gasteiger partial charge in [-0.2, -0.15) is 0 Å². The molecule has 3 saturated carbocycles. The van der Waals surface area contributed by atoms with Crippen LogP contribution in [0.25, 0.3) is 0 Å². The van der Waals surface area contributed by atoms with Gasteiger partial charge in [-0.05, 0) is 52.9 Å². The minimum Gasteiger partial charge on any atom is -0.403 e. The molecule has 2 nitrogen and oxygen atoms in total. The standard InChI is InChI=1S/C13H23BO2/c1-11(2)12(3,4)16-14(15-11)13-7-5-6-10(8-13)9-13/h10H,5-9H2,1-4H3. The van der Waals surface area contributed by atoms with Crippen LogP contribution in [0.4, 0.5) is 0 Å². The van der Waals surface area contributed by atoms with Gasteiger partial charge in [0.2, 0.25) is 0 Å². The highest BCUT2D eigenvalue weighted by Gasteiger charge is 2.64. The van der Waals surface area contributed by atoms with Crippen molar-refractivity contribution in [1.29, 1.82) is 0 Å². The molecule has 16 heavy (non-hydrogen) atoms. The summed E-state index contributed by atoms with van der Waals surface area (Å²) in [6.07, 6.45) is 6.78. The van der Waals surface area contributed by atoms with Crippen LogP contribution < -0.4 is 0 Å². The number of rotatable bonds is 1. The Morgan fingerprint density at radius 1 is 1.00 bits per heavy atom. The lowest BCUT2D eigenvalue weighted by Crippen LogP contribution is -2.48. The molecule has 1 saturated heterocycles. The fourth-order valence-corrected chi connectivity index (χ4v) is 3.64. The van der Waals surface area contributed by atoms with Gasteiger partial charge in [-0.1, -0.05) is 12.8 Å². The lowest BCUT2D eigenvalue weighted by Gasteiger charge is -2.53. The fourth-order valence-electron chi connectivity index (χ4n) is 3.64. The second kappa shape index (κ2) is 3.05. The van der Waals surface area contributed by atoms with E-state index in [1.165, 1.54) is 32.1 Å². The zero-order valence-corrected chi connectivity index (χ0v) is 11.0. The van der Waals surface area contributed by atoms with Crippen LogP contribution in [-0.2, 0) is 9.31 Å². The Labute approximate surface area is 99.2 Å². The maximum absolute atomic E-state index is 6.22. The van der Waals surface area contributed by atoms with Crippen molar-refractivity contribution in [3.63, 3.8) is 0 Å². The predicted octanol–water partition coefficient (Wildman–Crippen LogP) is 3.41. The van der Waals surface area contributed by atoms with Crippen LogP contribution in [-0.4, -0.2) is 18.3 Å². The normalized spacial score (nSPS) is 44.2. The summed E-state index contributed by atoms with van der Waals surface area (Å²) in [5.41, 5.74) is -0.316. The predicted molar refractivity (Wildman–Crippen MR) is 65.4 cm³/mol. The number of hydrogen-bond donors (Lipinski definition) is 0. The first-order valence-electron chi connectivity index (χ1n) is 6.70. The molecule has 4 fully saturated rings. The zero-order valence-electron chi connectivity index (χ0n) is 11.0. The van der Waals surface area contributed by atoms with Gasteiger partial charge in [0.1, 0.15) is 0 Å². The van der Waals surface area contributed by atoms with Gasteiger partial charge in [0.05, 0.1) is 11.2 Å². The molecule has 1 aliphatic heterocycles. The van der Waals surface area contributed by atoms with Crippen LogP contribution in [0.1, 0.15) is 59.8 Å². The number of hydrogen-bond acceptors (Lipinski definition) is 2. The lowest BCUT2D eigenvalue weighted by atomic mass is 9.39. The van der Waals surface area contributed by atoms with Crippen molar-refractivity contribution in [2.75, 3.05) is 0 Å². The molecule has 0 spiro atoms. The van der Waals surface area contributed by atoms with Crippen molar-refractivity contribution in [1.82, 2.24) is 0 Å². The largest absolute Gasteiger partial charge is 0.464 e. The summed E-state index contributed by atoms with van der Waals surface area (Å²) < 4.78 is 12.4. The monoisotopic (exact) mass is 222 g/mol. The Bertz CT molecular complexity index is 284. The van der Waals surface area contributed by atoms with Crippen molar-refractivity contribution in [3.05, 3.63) is 0 Å². The van der Waals surface area contributed by atoms with Crippen molar-refractivity contribution >= 4 is 7.12 Å². The molecule has 1 heterocycles. The first kappa shape index (κ1) is 11.1. The van der Waals surface area contributed by atoms with E-state index < -0.39 is 0 Å². The van der Waals surface area contributed by atoms with Gasteiger partial charge >= 0.3 is 7.12 Å². The molecule has 0 unspecified atom stereocenters. The second-order valence-corrected chi connectivity index (χ2v) is 7.12. The molecular formula is C13H23BO2. The molecule has 4 rings (SSSR count). The van der Waals surface area contributed by atoms with Crippen molar-refractivity contribution in [3.8, 4) is 0 Å². The summed E-state index contributed by atoms with van der Waals surface area (Å²) in [5.74, 6) is 0.966. The van der Waals surface area contributed by atoms with Gasteiger partial charge in [0, 0.05) is 5.31 Å². The van der Waals surface area contributed by atoms with Crippen LogP contribution in [0, 0.1) is 5.92 Å². The quantitative estimate of drug-likeness (QED) is 0.633. The minimum atomic E-state index is -0.158. The highest BCUT2D eigenvalue weighted by atomic mass is 16.7. The third-order valence-electron chi connectivity index (χ3n) is 5.43. The summed E-state index contributed by atoms with van der Waals surface area (Å²) in [7, 11) is 0.0500. The van der Waals surface area contributed by atoms with Crippen molar-refractivity contribution in [2.24, 2.45) is 5.92 Å². The third-order valence-corrected chi connectivity index (χ3v) is 5.43. The Balaban J connectivity index is 1.79. The van der Waals surface area contributed by atoms with E-state index in [1.807, 2.05) is 0 Å². The maximum Gasteiger partial charge on any atom is 0.464 e. The fraction of sp³-hybridized carbons (Fsp3) is 1.00. The van der Waals surface area contributed by atoms with E-state index in [0.717, 1.165) is 5.92 Å². The molecule has 4 aliphatic rings. The van der Waals surface area contributed by atoms with Gasteiger partial charge < -0.3 is 9.31 Å². The molecule has 0 N–H and O–H groups in total. The Morgan fingerprint density at radius 3 is 2.00 bits per heavy atom. The molecular weight excluding hydrogens is 199 g/mol. The topological polar surface area (TPSA) is 18.5 Å². The van der Waals surface area contributed by atoms with Gasteiger partial charge in [-0.25, -0.2) is 0 Å². The Kier molecular flexibility index (Phi) is 2.12. The molecule has 0 radical (unpaired) electrons. The summed E-state index contributed by atoms with van der Waals surface area (Å²) in [6.45, 7) is 8.62. The minimum absolute atomic E-state index is 0.0500. The first-order valence-corrected chi connectivity index (χ1v) is 6.70. The number of fused-ring (bicyclic) bond motifs is 2. The van der Waals surface area contributed by atoms with E-state index in [9.17, 15) is 0 Å². The van der Waals surface area contributed by atoms with E-state index >= 15 is 0 Å². The first-order chi connectivity index (χ1) is 7.35. The van der Waals surface area contributed by atoms with E-state index in [1.54, 1.807) is 0 Å².